The molecule has 0 radical (unpaired) electrons. The quantitative estimate of drug-likeness (QED) is 0.857. The number of methoxy groups -OCH3 is 1. The summed E-state index contributed by atoms with van der Waals surface area (Å²) in [6.07, 6.45) is 1.90. The van der Waals surface area contributed by atoms with Crippen molar-refractivity contribution in [1.82, 2.24) is 19.9 Å². The van der Waals surface area contributed by atoms with Crippen LogP contribution in [0.5, 0.6) is 5.75 Å². The van der Waals surface area contributed by atoms with E-state index >= 15 is 0 Å². The van der Waals surface area contributed by atoms with Crippen molar-refractivity contribution in [2.45, 2.75) is 11.9 Å². The van der Waals surface area contributed by atoms with E-state index in [2.05, 4.69) is 10.3 Å². The molecular weight excluding hydrogens is 288 g/mol. The highest BCUT2D eigenvalue weighted by atomic mass is 32.2. The van der Waals surface area contributed by atoms with Gasteiger partial charge in [0.2, 0.25) is 5.91 Å². The van der Waals surface area contributed by atoms with Gasteiger partial charge >= 0.3 is 0 Å². The minimum absolute atomic E-state index is 0.0310. The number of rotatable bonds is 4. The molecule has 3 rings (SSSR count). The Labute approximate surface area is 127 Å². The van der Waals surface area contributed by atoms with Gasteiger partial charge in [-0.1, -0.05) is 17.3 Å². The summed E-state index contributed by atoms with van der Waals surface area (Å²) >= 11 is 1.58. The summed E-state index contributed by atoms with van der Waals surface area (Å²) in [6, 6.07) is 7.85. The van der Waals surface area contributed by atoms with Crippen LogP contribution in [0.2, 0.25) is 0 Å². The van der Waals surface area contributed by atoms with E-state index in [1.165, 1.54) is 0 Å². The van der Waals surface area contributed by atoms with Crippen LogP contribution in [0.4, 0.5) is 0 Å². The number of carbonyl (C=O) groups excluding carboxylic acids is 1. The maximum atomic E-state index is 11.6. The molecule has 0 saturated carbocycles. The van der Waals surface area contributed by atoms with Crippen molar-refractivity contribution >= 4 is 17.7 Å². The Morgan fingerprint density at radius 3 is 3.05 bits per heavy atom. The van der Waals surface area contributed by atoms with Gasteiger partial charge < -0.3 is 9.64 Å². The van der Waals surface area contributed by atoms with Crippen LogP contribution < -0.4 is 4.74 Å². The van der Waals surface area contributed by atoms with Gasteiger partial charge in [-0.3, -0.25) is 4.79 Å². The van der Waals surface area contributed by atoms with Crippen molar-refractivity contribution in [3.8, 4) is 5.75 Å². The largest absolute Gasteiger partial charge is 0.497 e. The highest BCUT2D eigenvalue weighted by molar-refractivity contribution is 8.00. The SMILES string of the molecule is COc1cccc(Cn2cc(C3SCC(=O)N3C)nn2)c1. The topological polar surface area (TPSA) is 60.2 Å². The second-order valence-corrected chi connectivity index (χ2v) is 5.93. The van der Waals surface area contributed by atoms with Gasteiger partial charge in [-0.05, 0) is 17.7 Å². The molecule has 1 amide bonds. The number of benzene rings is 1. The predicted molar refractivity (Wildman–Crippen MR) is 80.1 cm³/mol. The Morgan fingerprint density at radius 2 is 2.33 bits per heavy atom. The van der Waals surface area contributed by atoms with Gasteiger partial charge in [0.15, 0.2) is 0 Å². The van der Waals surface area contributed by atoms with Crippen LogP contribution in [0.1, 0.15) is 16.6 Å². The summed E-state index contributed by atoms with van der Waals surface area (Å²) in [6.45, 7) is 0.624. The number of ether oxygens (including phenoxy) is 1. The molecular formula is C14H16N4O2S. The zero-order valence-corrected chi connectivity index (χ0v) is 12.7. The van der Waals surface area contributed by atoms with Gasteiger partial charge in [-0.2, -0.15) is 0 Å². The first-order chi connectivity index (χ1) is 10.2. The minimum atomic E-state index is -0.0310. The Bertz CT molecular complexity index is 658. The Balaban J connectivity index is 1.74. The van der Waals surface area contributed by atoms with Gasteiger partial charge in [0.25, 0.3) is 0 Å². The lowest BCUT2D eigenvalue weighted by atomic mass is 10.2. The molecule has 6 nitrogen and oxygen atoms in total. The molecule has 1 aliphatic rings. The molecule has 1 atom stereocenters. The molecule has 1 unspecified atom stereocenters. The van der Waals surface area contributed by atoms with Gasteiger partial charge in [-0.25, -0.2) is 4.68 Å². The zero-order valence-electron chi connectivity index (χ0n) is 11.9. The lowest BCUT2D eigenvalue weighted by Crippen LogP contribution is -2.23. The van der Waals surface area contributed by atoms with E-state index in [0.717, 1.165) is 17.0 Å². The van der Waals surface area contributed by atoms with Gasteiger partial charge in [0.05, 0.1) is 25.6 Å². The van der Waals surface area contributed by atoms with Crippen molar-refractivity contribution in [3.05, 3.63) is 41.7 Å². The molecule has 7 heteroatoms. The molecule has 2 aromatic rings. The molecule has 1 saturated heterocycles. The number of hydrogen-bond donors (Lipinski definition) is 0. The van der Waals surface area contributed by atoms with E-state index in [1.54, 1.807) is 35.5 Å². The molecule has 21 heavy (non-hydrogen) atoms. The van der Waals surface area contributed by atoms with E-state index in [4.69, 9.17) is 4.74 Å². The Hall–Kier alpha value is -2.02. The number of aromatic nitrogens is 3. The molecule has 1 fully saturated rings. The molecule has 1 aromatic heterocycles. The molecule has 0 bridgehead atoms. The third-order valence-corrected chi connectivity index (χ3v) is 4.69. The summed E-state index contributed by atoms with van der Waals surface area (Å²) in [4.78, 5) is 13.3. The highest BCUT2D eigenvalue weighted by Crippen LogP contribution is 2.35. The van der Waals surface area contributed by atoms with Crippen LogP contribution in [0.25, 0.3) is 0 Å². The van der Waals surface area contributed by atoms with Gasteiger partial charge in [0.1, 0.15) is 16.8 Å². The van der Waals surface area contributed by atoms with Crippen LogP contribution in [0.15, 0.2) is 30.5 Å². The van der Waals surface area contributed by atoms with Crippen molar-refractivity contribution in [2.24, 2.45) is 0 Å². The van der Waals surface area contributed by atoms with Crippen LogP contribution in [-0.4, -0.2) is 45.7 Å². The fourth-order valence-electron chi connectivity index (χ4n) is 2.24. The summed E-state index contributed by atoms with van der Waals surface area (Å²) < 4.78 is 6.99. The van der Waals surface area contributed by atoms with E-state index in [9.17, 15) is 4.79 Å². The van der Waals surface area contributed by atoms with Crippen molar-refractivity contribution < 1.29 is 9.53 Å². The van der Waals surface area contributed by atoms with Crippen molar-refractivity contribution in [2.75, 3.05) is 19.9 Å². The first-order valence-corrected chi connectivity index (χ1v) is 7.62. The van der Waals surface area contributed by atoms with E-state index < -0.39 is 0 Å². The molecule has 0 spiro atoms. The lowest BCUT2D eigenvalue weighted by Gasteiger charge is -2.15. The number of carbonyl (C=O) groups is 1. The van der Waals surface area contributed by atoms with E-state index in [-0.39, 0.29) is 11.3 Å². The molecule has 110 valence electrons. The fraction of sp³-hybridized carbons (Fsp3) is 0.357. The first kappa shape index (κ1) is 13.9. The summed E-state index contributed by atoms with van der Waals surface area (Å²) in [7, 11) is 3.45. The van der Waals surface area contributed by atoms with Crippen LogP contribution in [0, 0.1) is 0 Å². The standard InChI is InChI=1S/C14H16N4O2S/c1-17-13(19)9-21-14(17)12-8-18(16-15-12)7-10-4-3-5-11(6-10)20-2/h3-6,8,14H,7,9H2,1-2H3. The predicted octanol–water partition coefficient (Wildman–Crippen LogP) is 1.54. The number of amides is 1. The van der Waals surface area contributed by atoms with Crippen molar-refractivity contribution in [1.29, 1.82) is 0 Å². The maximum absolute atomic E-state index is 11.6. The van der Waals surface area contributed by atoms with Gasteiger partial charge in [0, 0.05) is 7.05 Å². The van der Waals surface area contributed by atoms with E-state index in [1.807, 2.05) is 30.5 Å². The number of nitrogens with zero attached hydrogens (tertiary/aromatic N) is 4. The summed E-state index contributed by atoms with van der Waals surface area (Å²) in [5.41, 5.74) is 1.91. The third kappa shape index (κ3) is 2.87. The van der Waals surface area contributed by atoms with Crippen LogP contribution >= 0.6 is 11.8 Å². The maximum Gasteiger partial charge on any atom is 0.233 e. The number of hydrogen-bond acceptors (Lipinski definition) is 5. The van der Waals surface area contributed by atoms with E-state index in [0.29, 0.717) is 12.3 Å². The van der Waals surface area contributed by atoms with Crippen LogP contribution in [0.3, 0.4) is 0 Å². The minimum Gasteiger partial charge on any atom is -0.497 e. The molecule has 1 aromatic carbocycles. The normalized spacial score (nSPS) is 18.3. The fourth-order valence-corrected chi connectivity index (χ4v) is 3.36. The zero-order chi connectivity index (χ0) is 14.8. The second kappa shape index (κ2) is 5.77. The molecule has 2 heterocycles. The lowest BCUT2D eigenvalue weighted by molar-refractivity contribution is -0.126. The van der Waals surface area contributed by atoms with Gasteiger partial charge in [-0.15, -0.1) is 16.9 Å². The van der Waals surface area contributed by atoms with Crippen LogP contribution in [-0.2, 0) is 11.3 Å². The number of thioether (sulfide) groups is 1. The highest BCUT2D eigenvalue weighted by Gasteiger charge is 2.31. The monoisotopic (exact) mass is 304 g/mol. The first-order valence-electron chi connectivity index (χ1n) is 6.57. The summed E-state index contributed by atoms with van der Waals surface area (Å²) in [5.74, 6) is 1.46. The molecule has 0 aliphatic carbocycles. The second-order valence-electron chi connectivity index (χ2n) is 4.86. The van der Waals surface area contributed by atoms with Crippen molar-refractivity contribution in [3.63, 3.8) is 0 Å². The Morgan fingerprint density at radius 1 is 1.48 bits per heavy atom. The molecule has 0 N–H and O–H groups in total. The third-order valence-electron chi connectivity index (χ3n) is 3.40. The average molecular weight is 304 g/mol. The Kier molecular flexibility index (Phi) is 3.83. The summed E-state index contributed by atoms with van der Waals surface area (Å²) in [5, 5.41) is 8.30. The molecule has 1 aliphatic heterocycles. The smallest absolute Gasteiger partial charge is 0.233 e. The average Bonchev–Trinajstić information content (AvgIpc) is 3.07.